The number of halogens is 1. The zero-order valence-electron chi connectivity index (χ0n) is 17.7. The van der Waals surface area contributed by atoms with E-state index in [9.17, 15) is 22.4 Å². The monoisotopic (exact) mass is 464 g/mol. The van der Waals surface area contributed by atoms with E-state index in [1.807, 2.05) is 0 Å². The highest BCUT2D eigenvalue weighted by Gasteiger charge is 2.30. The van der Waals surface area contributed by atoms with Crippen LogP contribution in [-0.2, 0) is 14.8 Å². The molecule has 2 N–H and O–H groups in total. The van der Waals surface area contributed by atoms with Crippen molar-refractivity contribution in [2.24, 2.45) is 5.73 Å². The Morgan fingerprint density at radius 1 is 1.12 bits per heavy atom. The van der Waals surface area contributed by atoms with E-state index < -0.39 is 34.0 Å². The Kier molecular flexibility index (Phi) is 6.24. The van der Waals surface area contributed by atoms with Crippen LogP contribution in [0, 0.1) is 5.82 Å². The molecule has 9 nitrogen and oxygen atoms in total. The first-order valence-corrected chi connectivity index (χ1v) is 10.8. The van der Waals surface area contributed by atoms with Crippen LogP contribution >= 0.6 is 0 Å². The minimum Gasteiger partial charge on any atom is -0.490 e. The Morgan fingerprint density at radius 3 is 2.28 bits per heavy atom. The molecule has 2 aromatic carbocycles. The second-order valence-electron chi connectivity index (χ2n) is 7.27. The number of nitrogens with two attached hydrogens (primary N) is 1. The van der Waals surface area contributed by atoms with Crippen LogP contribution in [0.5, 0.6) is 5.75 Å². The second kappa shape index (κ2) is 8.60. The minimum atomic E-state index is -3.95. The number of furan rings is 1. The molecule has 0 saturated carbocycles. The predicted octanol–water partition coefficient (Wildman–Crippen LogP) is 3.51. The number of ether oxygens (including phenoxy) is 2. The first kappa shape index (κ1) is 23.2. The molecule has 170 valence electrons. The lowest BCUT2D eigenvalue weighted by Crippen LogP contribution is -2.23. The number of hydrogen-bond donors (Lipinski definition) is 1. The molecule has 0 unspecified atom stereocenters. The lowest BCUT2D eigenvalue weighted by atomic mass is 10.1. The summed E-state index contributed by atoms with van der Waals surface area (Å²) in [6.45, 7) is 3.41. The quantitative estimate of drug-likeness (QED) is 0.436. The van der Waals surface area contributed by atoms with Crippen molar-refractivity contribution in [3.8, 4) is 17.1 Å². The Bertz CT molecular complexity index is 1300. The minimum absolute atomic E-state index is 0.0114. The third-order valence-corrected chi connectivity index (χ3v) is 6.22. The van der Waals surface area contributed by atoms with Gasteiger partial charge >= 0.3 is 12.1 Å². The molecule has 0 radical (unpaired) electrons. The smallest absolute Gasteiger partial charge is 0.412 e. The summed E-state index contributed by atoms with van der Waals surface area (Å²) in [6, 6.07) is 7.56. The number of carbonyl (C=O) groups excluding carboxylic acids is 2. The van der Waals surface area contributed by atoms with Gasteiger partial charge in [-0.15, -0.1) is 0 Å². The van der Waals surface area contributed by atoms with Crippen LogP contribution in [-0.4, -0.2) is 45.0 Å². The molecule has 3 aromatic rings. The highest BCUT2D eigenvalue weighted by Crippen LogP contribution is 2.39. The van der Waals surface area contributed by atoms with Gasteiger partial charge in [0.2, 0.25) is 10.0 Å². The summed E-state index contributed by atoms with van der Waals surface area (Å²) < 4.78 is 56.2. The molecular formula is C21H21FN2O7S. The van der Waals surface area contributed by atoms with E-state index in [1.165, 1.54) is 38.4 Å². The second-order valence-corrected chi connectivity index (χ2v) is 9.39. The summed E-state index contributed by atoms with van der Waals surface area (Å²) in [6.07, 6.45) is -1.73. The van der Waals surface area contributed by atoms with Crippen LogP contribution in [0.4, 0.5) is 9.18 Å². The Hall–Kier alpha value is -3.44. The van der Waals surface area contributed by atoms with Gasteiger partial charge in [0.25, 0.3) is 0 Å². The van der Waals surface area contributed by atoms with Gasteiger partial charge in [0.15, 0.2) is 0 Å². The van der Waals surface area contributed by atoms with Crippen molar-refractivity contribution >= 4 is 33.1 Å². The van der Waals surface area contributed by atoms with E-state index in [4.69, 9.17) is 14.9 Å². The van der Waals surface area contributed by atoms with Gasteiger partial charge in [-0.05, 0) is 44.2 Å². The van der Waals surface area contributed by atoms with E-state index >= 15 is 0 Å². The number of sulfonamides is 1. The maximum atomic E-state index is 13.4. The van der Waals surface area contributed by atoms with E-state index in [2.05, 4.69) is 4.74 Å². The molecule has 0 bridgehead atoms. The molecule has 11 heteroatoms. The van der Waals surface area contributed by atoms with Gasteiger partial charge in [0.1, 0.15) is 33.4 Å². The molecule has 0 aliphatic rings. The van der Waals surface area contributed by atoms with Crippen LogP contribution in [0.15, 0.2) is 45.7 Å². The standard InChI is InChI=1S/C21H21FN2O7S/c1-11(2)29-16-9-14-15(10-17(16)32(27,28)24(3)4)30-19(12-5-7-13(22)8-6-12)18(14)20(25)31-21(23)26/h5-11H,1-4H3,(H2,23,26). The summed E-state index contributed by atoms with van der Waals surface area (Å²) in [5.41, 5.74) is 5.11. The normalized spacial score (nSPS) is 11.8. The van der Waals surface area contributed by atoms with Gasteiger partial charge in [-0.1, -0.05) is 0 Å². The maximum Gasteiger partial charge on any atom is 0.412 e. The van der Waals surface area contributed by atoms with Crippen molar-refractivity contribution in [3.05, 3.63) is 47.8 Å². The molecular weight excluding hydrogens is 443 g/mol. The number of benzene rings is 2. The molecule has 1 amide bonds. The fourth-order valence-electron chi connectivity index (χ4n) is 3.00. The van der Waals surface area contributed by atoms with Crippen molar-refractivity contribution in [1.82, 2.24) is 4.31 Å². The molecule has 1 heterocycles. The average Bonchev–Trinajstić information content (AvgIpc) is 3.05. The van der Waals surface area contributed by atoms with Gasteiger partial charge in [-0.2, -0.15) is 0 Å². The number of esters is 1. The van der Waals surface area contributed by atoms with Gasteiger partial charge in [-0.3, -0.25) is 0 Å². The van der Waals surface area contributed by atoms with Crippen LogP contribution in [0.1, 0.15) is 24.2 Å². The lowest BCUT2D eigenvalue weighted by Gasteiger charge is -2.17. The third-order valence-electron chi connectivity index (χ3n) is 4.38. The Balaban J connectivity index is 2.38. The largest absolute Gasteiger partial charge is 0.490 e. The van der Waals surface area contributed by atoms with Gasteiger partial charge in [0.05, 0.1) is 6.10 Å². The number of rotatable bonds is 6. The first-order chi connectivity index (χ1) is 14.9. The molecule has 0 aliphatic carbocycles. The highest BCUT2D eigenvalue weighted by atomic mass is 32.2. The fraction of sp³-hybridized carbons (Fsp3) is 0.238. The molecule has 0 atom stereocenters. The van der Waals surface area contributed by atoms with E-state index in [0.29, 0.717) is 5.56 Å². The zero-order chi connectivity index (χ0) is 23.8. The molecule has 1 aromatic heterocycles. The van der Waals surface area contributed by atoms with Gasteiger partial charge in [-0.25, -0.2) is 26.7 Å². The van der Waals surface area contributed by atoms with E-state index in [0.717, 1.165) is 16.4 Å². The van der Waals surface area contributed by atoms with Crippen LogP contribution < -0.4 is 10.5 Å². The number of hydrogen-bond acceptors (Lipinski definition) is 7. The van der Waals surface area contributed by atoms with Crippen molar-refractivity contribution in [2.75, 3.05) is 14.1 Å². The van der Waals surface area contributed by atoms with E-state index in [1.54, 1.807) is 13.8 Å². The van der Waals surface area contributed by atoms with E-state index in [-0.39, 0.29) is 32.9 Å². The molecule has 0 fully saturated rings. The molecule has 3 rings (SSSR count). The number of fused-ring (bicyclic) bond motifs is 1. The lowest BCUT2D eigenvalue weighted by molar-refractivity contribution is 0.0640. The van der Waals surface area contributed by atoms with Crippen LogP contribution in [0.2, 0.25) is 0 Å². The summed E-state index contributed by atoms with van der Waals surface area (Å²) in [5, 5.41) is 0.129. The zero-order valence-corrected chi connectivity index (χ0v) is 18.5. The number of nitrogens with zero attached hydrogens (tertiary/aromatic N) is 1. The predicted molar refractivity (Wildman–Crippen MR) is 113 cm³/mol. The topological polar surface area (TPSA) is 129 Å². The SMILES string of the molecule is CC(C)Oc1cc2c(C(=O)OC(N)=O)c(-c3ccc(F)cc3)oc2cc1S(=O)(=O)N(C)C. The summed E-state index contributed by atoms with van der Waals surface area (Å²) in [7, 11) is -1.23. The third kappa shape index (κ3) is 4.43. The van der Waals surface area contributed by atoms with Crippen molar-refractivity contribution in [3.63, 3.8) is 0 Å². The van der Waals surface area contributed by atoms with Crippen molar-refractivity contribution < 1.29 is 36.3 Å². The molecule has 0 aliphatic heterocycles. The highest BCUT2D eigenvalue weighted by molar-refractivity contribution is 7.89. The van der Waals surface area contributed by atoms with Crippen molar-refractivity contribution in [1.29, 1.82) is 0 Å². The Morgan fingerprint density at radius 2 is 1.75 bits per heavy atom. The van der Waals surface area contributed by atoms with Crippen molar-refractivity contribution in [2.45, 2.75) is 24.8 Å². The fourth-order valence-corrected chi connectivity index (χ4v) is 4.01. The number of primary amides is 1. The number of amides is 1. The van der Waals surface area contributed by atoms with Gasteiger partial charge in [0, 0.05) is 31.1 Å². The van der Waals surface area contributed by atoms with Crippen LogP contribution in [0.25, 0.3) is 22.3 Å². The summed E-state index contributed by atoms with van der Waals surface area (Å²) in [4.78, 5) is 23.7. The summed E-state index contributed by atoms with van der Waals surface area (Å²) in [5.74, 6) is -1.71. The van der Waals surface area contributed by atoms with Gasteiger partial charge < -0.3 is 19.6 Å². The average molecular weight is 464 g/mol. The van der Waals surface area contributed by atoms with Crippen LogP contribution in [0.3, 0.4) is 0 Å². The Labute approximate surface area is 183 Å². The first-order valence-electron chi connectivity index (χ1n) is 9.39. The number of carbonyl (C=O) groups is 2. The summed E-state index contributed by atoms with van der Waals surface area (Å²) >= 11 is 0. The molecule has 0 saturated heterocycles. The maximum absolute atomic E-state index is 13.4. The molecule has 32 heavy (non-hydrogen) atoms. The molecule has 0 spiro atoms.